The Morgan fingerprint density at radius 1 is 1.73 bits per heavy atom. The molecule has 0 saturated heterocycles. The lowest BCUT2D eigenvalue weighted by atomic mass is 10.3. The normalized spacial score (nSPS) is 9.09. The smallest absolute Gasteiger partial charge is 0.275 e. The summed E-state index contributed by atoms with van der Waals surface area (Å²) in [6.07, 6.45) is 0. The monoisotopic (exact) mass is 150 g/mol. The summed E-state index contributed by atoms with van der Waals surface area (Å²) in [7, 11) is 0. The number of nitrogen functional groups attached to an aromatic ring is 1. The Kier molecular flexibility index (Phi) is 1.60. The molecule has 0 aliphatic heterocycles. The largest absolute Gasteiger partial charge is 0.392 e. The molecular formula is C6H6N4O. The van der Waals surface area contributed by atoms with Gasteiger partial charge in [0.15, 0.2) is 5.69 Å². The molecular weight excluding hydrogens is 144 g/mol. The van der Waals surface area contributed by atoms with Crippen molar-refractivity contribution in [3.63, 3.8) is 0 Å². The molecule has 0 unspecified atom stereocenters. The molecule has 0 aliphatic rings. The highest BCUT2D eigenvalue weighted by molar-refractivity contribution is 5.47. The maximum absolute atomic E-state index is 10.8. The molecule has 1 aromatic heterocycles. The first kappa shape index (κ1) is 7.28. The predicted molar refractivity (Wildman–Crippen MR) is 38.7 cm³/mol. The zero-order chi connectivity index (χ0) is 8.43. The maximum Gasteiger partial charge on any atom is 0.275 e. The van der Waals surface area contributed by atoms with Gasteiger partial charge in [-0.25, -0.2) is 4.98 Å². The van der Waals surface area contributed by atoms with E-state index < -0.39 is 5.56 Å². The number of hydrogen-bond acceptors (Lipinski definition) is 4. The zero-order valence-electron chi connectivity index (χ0n) is 5.88. The van der Waals surface area contributed by atoms with Gasteiger partial charge < -0.3 is 10.7 Å². The zero-order valence-corrected chi connectivity index (χ0v) is 5.88. The van der Waals surface area contributed by atoms with Gasteiger partial charge in [0, 0.05) is 0 Å². The van der Waals surface area contributed by atoms with Crippen LogP contribution in [0.5, 0.6) is 0 Å². The number of anilines is 1. The first-order chi connectivity index (χ1) is 5.15. The van der Waals surface area contributed by atoms with Gasteiger partial charge in [-0.2, -0.15) is 5.26 Å². The van der Waals surface area contributed by atoms with Crippen LogP contribution in [-0.4, -0.2) is 9.97 Å². The van der Waals surface area contributed by atoms with Crippen LogP contribution in [0, 0.1) is 18.3 Å². The lowest BCUT2D eigenvalue weighted by Gasteiger charge is -1.95. The molecule has 1 aromatic rings. The molecule has 0 aliphatic carbocycles. The molecule has 56 valence electrons. The predicted octanol–water partition coefficient (Wildman–Crippen LogP) is -0.468. The summed E-state index contributed by atoms with van der Waals surface area (Å²) >= 11 is 0. The lowest BCUT2D eigenvalue weighted by molar-refractivity contribution is 1.01. The first-order valence-electron chi connectivity index (χ1n) is 2.91. The highest BCUT2D eigenvalue weighted by Crippen LogP contribution is 1.98. The molecule has 11 heavy (non-hydrogen) atoms. The van der Waals surface area contributed by atoms with E-state index in [0.717, 1.165) is 0 Å². The van der Waals surface area contributed by atoms with E-state index in [1.165, 1.54) is 0 Å². The fraction of sp³-hybridized carbons (Fsp3) is 0.167. The standard InChI is InChI=1S/C6H6N4O/c1-3-9-4(2-7)5(8)6(11)10-3/h8H2,1H3,(H,9,10,11). The number of aromatic nitrogens is 2. The molecule has 0 fully saturated rings. The quantitative estimate of drug-likeness (QED) is 0.522. The van der Waals surface area contributed by atoms with Gasteiger partial charge in [-0.15, -0.1) is 0 Å². The summed E-state index contributed by atoms with van der Waals surface area (Å²) in [6.45, 7) is 1.58. The number of aryl methyl sites for hydroxylation is 1. The van der Waals surface area contributed by atoms with Gasteiger partial charge in [-0.1, -0.05) is 0 Å². The van der Waals surface area contributed by atoms with Crippen LogP contribution in [0.3, 0.4) is 0 Å². The SMILES string of the molecule is Cc1nc(C#N)c(N)c(=O)[nH]1. The van der Waals surface area contributed by atoms with E-state index in [9.17, 15) is 4.79 Å². The third-order valence-corrected chi connectivity index (χ3v) is 1.18. The van der Waals surface area contributed by atoms with Gasteiger partial charge >= 0.3 is 0 Å². The number of nitrogens with two attached hydrogens (primary N) is 1. The van der Waals surface area contributed by atoms with Crippen LogP contribution in [0.2, 0.25) is 0 Å². The summed E-state index contributed by atoms with van der Waals surface area (Å²) in [4.78, 5) is 16.9. The van der Waals surface area contributed by atoms with Gasteiger partial charge in [-0.3, -0.25) is 4.79 Å². The van der Waals surface area contributed by atoms with Crippen molar-refractivity contribution < 1.29 is 0 Å². The van der Waals surface area contributed by atoms with E-state index in [1.54, 1.807) is 13.0 Å². The lowest BCUT2D eigenvalue weighted by Crippen LogP contribution is -2.16. The van der Waals surface area contributed by atoms with Crippen LogP contribution in [-0.2, 0) is 0 Å². The fourth-order valence-electron chi connectivity index (χ4n) is 0.680. The average molecular weight is 150 g/mol. The van der Waals surface area contributed by atoms with Gasteiger partial charge in [-0.05, 0) is 6.92 Å². The van der Waals surface area contributed by atoms with Crippen LogP contribution in [0.25, 0.3) is 0 Å². The van der Waals surface area contributed by atoms with Crippen molar-refractivity contribution in [2.24, 2.45) is 0 Å². The van der Waals surface area contributed by atoms with Crippen molar-refractivity contribution in [1.82, 2.24) is 9.97 Å². The van der Waals surface area contributed by atoms with Crippen molar-refractivity contribution in [1.29, 1.82) is 5.26 Å². The minimum absolute atomic E-state index is 0.0220. The maximum atomic E-state index is 10.8. The summed E-state index contributed by atoms with van der Waals surface area (Å²) < 4.78 is 0. The Morgan fingerprint density at radius 3 is 2.91 bits per heavy atom. The topological polar surface area (TPSA) is 95.6 Å². The highest BCUT2D eigenvalue weighted by Gasteiger charge is 2.03. The Bertz CT molecular complexity index is 373. The molecule has 0 spiro atoms. The van der Waals surface area contributed by atoms with Gasteiger partial charge in [0.05, 0.1) is 0 Å². The number of nitrogens with one attached hydrogen (secondary N) is 1. The molecule has 0 amide bonds. The first-order valence-corrected chi connectivity index (χ1v) is 2.91. The van der Waals surface area contributed by atoms with Crippen molar-refractivity contribution in [2.75, 3.05) is 5.73 Å². The van der Waals surface area contributed by atoms with Gasteiger partial charge in [0.2, 0.25) is 0 Å². The second kappa shape index (κ2) is 2.42. The fourth-order valence-corrected chi connectivity index (χ4v) is 0.680. The molecule has 1 rings (SSSR count). The van der Waals surface area contributed by atoms with Crippen LogP contribution < -0.4 is 11.3 Å². The second-order valence-electron chi connectivity index (χ2n) is 2.03. The Labute approximate surface area is 62.5 Å². The molecule has 3 N–H and O–H groups in total. The molecule has 0 saturated carbocycles. The molecule has 5 heteroatoms. The van der Waals surface area contributed by atoms with E-state index in [-0.39, 0.29) is 11.4 Å². The van der Waals surface area contributed by atoms with Crippen LogP contribution >= 0.6 is 0 Å². The van der Waals surface area contributed by atoms with E-state index >= 15 is 0 Å². The Morgan fingerprint density at radius 2 is 2.36 bits per heavy atom. The Hall–Kier alpha value is -1.83. The van der Waals surface area contributed by atoms with E-state index in [4.69, 9.17) is 11.0 Å². The van der Waals surface area contributed by atoms with Crippen LogP contribution in [0.15, 0.2) is 4.79 Å². The van der Waals surface area contributed by atoms with E-state index in [2.05, 4.69) is 9.97 Å². The molecule has 5 nitrogen and oxygen atoms in total. The van der Waals surface area contributed by atoms with Crippen molar-refractivity contribution in [2.45, 2.75) is 6.92 Å². The highest BCUT2D eigenvalue weighted by atomic mass is 16.1. The number of rotatable bonds is 0. The van der Waals surface area contributed by atoms with E-state index in [0.29, 0.717) is 5.82 Å². The second-order valence-corrected chi connectivity index (χ2v) is 2.03. The molecule has 1 heterocycles. The molecule has 0 aromatic carbocycles. The minimum atomic E-state index is -0.464. The van der Waals surface area contributed by atoms with Gasteiger partial charge in [0.25, 0.3) is 5.56 Å². The number of nitriles is 1. The third kappa shape index (κ3) is 1.19. The van der Waals surface area contributed by atoms with Crippen molar-refractivity contribution >= 4 is 5.69 Å². The summed E-state index contributed by atoms with van der Waals surface area (Å²) in [5.74, 6) is 0.390. The van der Waals surface area contributed by atoms with E-state index in [1.807, 2.05) is 0 Å². The molecule has 0 atom stereocenters. The average Bonchev–Trinajstić information content (AvgIpc) is 1.96. The van der Waals surface area contributed by atoms with Crippen molar-refractivity contribution in [3.05, 3.63) is 21.9 Å². The number of aromatic amines is 1. The van der Waals surface area contributed by atoms with Gasteiger partial charge in [0.1, 0.15) is 17.6 Å². The molecule has 0 bridgehead atoms. The number of nitrogens with zero attached hydrogens (tertiary/aromatic N) is 2. The van der Waals surface area contributed by atoms with Crippen molar-refractivity contribution in [3.8, 4) is 6.07 Å². The van der Waals surface area contributed by atoms with Crippen LogP contribution in [0.4, 0.5) is 5.69 Å². The summed E-state index contributed by atoms with van der Waals surface area (Å²) in [6, 6.07) is 1.72. The summed E-state index contributed by atoms with van der Waals surface area (Å²) in [5, 5.41) is 8.42. The Balaban J connectivity index is 3.52. The van der Waals surface area contributed by atoms with Crippen LogP contribution in [0.1, 0.15) is 11.5 Å². The number of H-pyrrole nitrogens is 1. The minimum Gasteiger partial charge on any atom is -0.392 e. The third-order valence-electron chi connectivity index (χ3n) is 1.18. The molecule has 0 radical (unpaired) electrons. The number of hydrogen-bond donors (Lipinski definition) is 2. The summed E-state index contributed by atoms with van der Waals surface area (Å²) in [5.41, 5.74) is 4.62.